The molecule has 7 nitrogen and oxygen atoms in total. The normalized spacial score (nSPS) is 10.3. The number of urea groups is 1. The Labute approximate surface area is 135 Å². The van der Waals surface area contributed by atoms with Gasteiger partial charge in [0.2, 0.25) is 0 Å². The highest BCUT2D eigenvalue weighted by Gasteiger charge is 2.07. The van der Waals surface area contributed by atoms with Crippen molar-refractivity contribution in [2.75, 3.05) is 10.6 Å². The van der Waals surface area contributed by atoms with Crippen molar-refractivity contribution in [2.45, 2.75) is 0 Å². The first-order valence-electron chi connectivity index (χ1n) is 6.47. The summed E-state index contributed by atoms with van der Waals surface area (Å²) in [4.78, 5) is 20.0. The Kier molecular flexibility index (Phi) is 4.15. The van der Waals surface area contributed by atoms with Crippen molar-refractivity contribution in [3.05, 3.63) is 59.9 Å². The molecule has 1 aromatic carbocycles. The molecule has 0 unspecified atom stereocenters. The van der Waals surface area contributed by atoms with E-state index in [2.05, 4.69) is 25.7 Å². The number of rotatable bonds is 3. The van der Waals surface area contributed by atoms with Crippen LogP contribution in [0.1, 0.15) is 0 Å². The van der Waals surface area contributed by atoms with Gasteiger partial charge in [-0.15, -0.1) is 0 Å². The molecule has 2 N–H and O–H groups in total. The molecular weight excluding hydrogens is 323 g/mol. The first-order valence-corrected chi connectivity index (χ1v) is 6.85. The lowest BCUT2D eigenvalue weighted by atomic mass is 10.3. The van der Waals surface area contributed by atoms with Crippen molar-refractivity contribution in [1.29, 1.82) is 0 Å². The van der Waals surface area contributed by atoms with Crippen LogP contribution < -0.4 is 10.6 Å². The Balaban J connectivity index is 1.64. The van der Waals surface area contributed by atoms with E-state index in [1.54, 1.807) is 18.5 Å². The van der Waals surface area contributed by atoms with Crippen molar-refractivity contribution in [2.24, 2.45) is 0 Å². The maximum atomic E-state index is 13.1. The zero-order valence-corrected chi connectivity index (χ0v) is 12.3. The molecular formula is C14H10ClFN6O. The van der Waals surface area contributed by atoms with Crippen molar-refractivity contribution in [3.63, 3.8) is 0 Å². The molecule has 0 radical (unpaired) electrons. The minimum Gasteiger partial charge on any atom is -0.308 e. The van der Waals surface area contributed by atoms with E-state index in [1.807, 2.05) is 0 Å². The molecule has 2 heterocycles. The topological polar surface area (TPSA) is 84.7 Å². The molecule has 0 saturated carbocycles. The molecule has 0 saturated heterocycles. The van der Waals surface area contributed by atoms with Gasteiger partial charge in [-0.2, -0.15) is 5.10 Å². The Morgan fingerprint density at radius 2 is 1.91 bits per heavy atom. The number of hydrogen-bond acceptors (Lipinski definition) is 4. The predicted molar refractivity (Wildman–Crippen MR) is 83.2 cm³/mol. The van der Waals surface area contributed by atoms with Crippen molar-refractivity contribution >= 4 is 29.0 Å². The van der Waals surface area contributed by atoms with Gasteiger partial charge in [0, 0.05) is 18.1 Å². The molecule has 116 valence electrons. The smallest absolute Gasteiger partial charge is 0.308 e. The lowest BCUT2D eigenvalue weighted by Crippen LogP contribution is -2.19. The minimum atomic E-state index is -0.555. The zero-order chi connectivity index (χ0) is 16.2. The molecule has 3 aromatic rings. The molecule has 0 spiro atoms. The summed E-state index contributed by atoms with van der Waals surface area (Å²) in [5, 5.41) is 9.00. The summed E-state index contributed by atoms with van der Waals surface area (Å²) >= 11 is 5.65. The molecule has 0 bridgehead atoms. The van der Waals surface area contributed by atoms with Crippen molar-refractivity contribution in [1.82, 2.24) is 19.7 Å². The first kappa shape index (κ1) is 14.9. The SMILES string of the molecule is O=C(Nc1cnc(-n2cccn2)nc1)Nc1ccc(F)c(Cl)c1. The van der Waals surface area contributed by atoms with E-state index >= 15 is 0 Å². The van der Waals surface area contributed by atoms with Gasteiger partial charge in [0.25, 0.3) is 5.95 Å². The number of aromatic nitrogens is 4. The summed E-state index contributed by atoms with van der Waals surface area (Å²) in [5.74, 6) is -0.175. The van der Waals surface area contributed by atoms with Crippen LogP contribution in [0.3, 0.4) is 0 Å². The number of benzene rings is 1. The van der Waals surface area contributed by atoms with Gasteiger partial charge in [0.05, 0.1) is 23.1 Å². The highest BCUT2D eigenvalue weighted by molar-refractivity contribution is 6.31. The third kappa shape index (κ3) is 3.61. The van der Waals surface area contributed by atoms with Gasteiger partial charge in [0.1, 0.15) is 5.82 Å². The standard InChI is InChI=1S/C14H10ClFN6O/c15-11-6-9(2-3-12(11)16)20-14(23)21-10-7-17-13(18-8-10)22-5-1-4-19-22/h1-8H,(H2,20,21,23). The molecule has 0 aliphatic rings. The van der Waals surface area contributed by atoms with Crippen LogP contribution in [0.4, 0.5) is 20.6 Å². The summed E-state index contributed by atoms with van der Waals surface area (Å²) in [6.07, 6.45) is 6.20. The van der Waals surface area contributed by atoms with E-state index in [0.717, 1.165) is 0 Å². The van der Waals surface area contributed by atoms with Crippen LogP contribution in [0.25, 0.3) is 5.95 Å². The fraction of sp³-hybridized carbons (Fsp3) is 0. The number of carbonyl (C=O) groups is 1. The summed E-state index contributed by atoms with van der Waals surface area (Å²) < 4.78 is 14.5. The quantitative estimate of drug-likeness (QED) is 0.771. The predicted octanol–water partition coefficient (Wildman–Crippen LogP) is 3.10. The highest BCUT2D eigenvalue weighted by Crippen LogP contribution is 2.19. The van der Waals surface area contributed by atoms with Gasteiger partial charge in [-0.3, -0.25) is 0 Å². The molecule has 2 amide bonds. The molecule has 2 aromatic heterocycles. The number of halogens is 2. The van der Waals surface area contributed by atoms with Crippen molar-refractivity contribution < 1.29 is 9.18 Å². The number of hydrogen-bond donors (Lipinski definition) is 2. The number of amides is 2. The summed E-state index contributed by atoms with van der Waals surface area (Å²) in [6.45, 7) is 0. The van der Waals surface area contributed by atoms with Crippen LogP contribution in [0.15, 0.2) is 49.1 Å². The van der Waals surface area contributed by atoms with Crippen LogP contribution in [0, 0.1) is 5.82 Å². The second kappa shape index (κ2) is 6.41. The fourth-order valence-electron chi connectivity index (χ4n) is 1.76. The zero-order valence-electron chi connectivity index (χ0n) is 11.6. The average Bonchev–Trinajstić information content (AvgIpc) is 3.06. The van der Waals surface area contributed by atoms with E-state index < -0.39 is 11.8 Å². The summed E-state index contributed by atoms with van der Waals surface area (Å²) in [7, 11) is 0. The van der Waals surface area contributed by atoms with E-state index in [-0.39, 0.29) is 5.02 Å². The maximum absolute atomic E-state index is 13.1. The van der Waals surface area contributed by atoms with Gasteiger partial charge < -0.3 is 10.6 Å². The summed E-state index contributed by atoms with van der Waals surface area (Å²) in [5.41, 5.74) is 0.759. The highest BCUT2D eigenvalue weighted by atomic mass is 35.5. The summed E-state index contributed by atoms with van der Waals surface area (Å²) in [6, 6.07) is 5.10. The van der Waals surface area contributed by atoms with E-state index in [9.17, 15) is 9.18 Å². The molecule has 9 heteroatoms. The van der Waals surface area contributed by atoms with E-state index in [4.69, 9.17) is 11.6 Å². The minimum absolute atomic E-state index is 0.0743. The molecule has 3 rings (SSSR count). The maximum Gasteiger partial charge on any atom is 0.323 e. The van der Waals surface area contributed by atoms with Crippen LogP contribution in [0.5, 0.6) is 0 Å². The third-order valence-corrected chi connectivity index (χ3v) is 3.07. The monoisotopic (exact) mass is 332 g/mol. The first-order chi connectivity index (χ1) is 11.1. The Hall–Kier alpha value is -3.00. The van der Waals surface area contributed by atoms with Crippen LogP contribution in [-0.2, 0) is 0 Å². The fourth-order valence-corrected chi connectivity index (χ4v) is 1.94. The van der Waals surface area contributed by atoms with E-state index in [1.165, 1.54) is 35.3 Å². The average molecular weight is 333 g/mol. The second-order valence-electron chi connectivity index (χ2n) is 4.43. The van der Waals surface area contributed by atoms with Crippen LogP contribution in [-0.4, -0.2) is 25.8 Å². The van der Waals surface area contributed by atoms with Gasteiger partial charge in [-0.25, -0.2) is 23.8 Å². The molecule has 0 atom stereocenters. The number of nitrogens with zero attached hydrogens (tertiary/aromatic N) is 4. The van der Waals surface area contributed by atoms with Crippen molar-refractivity contribution in [3.8, 4) is 5.95 Å². The van der Waals surface area contributed by atoms with Crippen LogP contribution in [0.2, 0.25) is 5.02 Å². The Morgan fingerprint density at radius 3 is 2.57 bits per heavy atom. The van der Waals surface area contributed by atoms with Gasteiger partial charge in [-0.1, -0.05) is 11.6 Å². The van der Waals surface area contributed by atoms with Gasteiger partial charge >= 0.3 is 6.03 Å². The van der Waals surface area contributed by atoms with Gasteiger partial charge in [-0.05, 0) is 24.3 Å². The molecule has 23 heavy (non-hydrogen) atoms. The molecule has 0 aliphatic heterocycles. The molecule has 0 fully saturated rings. The Morgan fingerprint density at radius 1 is 1.17 bits per heavy atom. The largest absolute Gasteiger partial charge is 0.323 e. The number of nitrogens with one attached hydrogen (secondary N) is 2. The molecule has 0 aliphatic carbocycles. The van der Waals surface area contributed by atoms with E-state index in [0.29, 0.717) is 17.3 Å². The van der Waals surface area contributed by atoms with Gasteiger partial charge in [0.15, 0.2) is 0 Å². The second-order valence-corrected chi connectivity index (χ2v) is 4.84. The number of anilines is 2. The van der Waals surface area contributed by atoms with Crippen LogP contribution >= 0.6 is 11.6 Å². The lowest BCUT2D eigenvalue weighted by molar-refractivity contribution is 0.262. The Bertz CT molecular complexity index is 822. The third-order valence-electron chi connectivity index (χ3n) is 2.78. The lowest BCUT2D eigenvalue weighted by Gasteiger charge is -2.08. The number of carbonyl (C=O) groups excluding carboxylic acids is 1.